The minimum atomic E-state index is -1.94. The van der Waals surface area contributed by atoms with Crippen LogP contribution in [0.1, 0.15) is 71.3 Å². The highest BCUT2D eigenvalue weighted by atomic mass is 28.4. The summed E-state index contributed by atoms with van der Waals surface area (Å²) in [5, 5.41) is 0.253. The summed E-state index contributed by atoms with van der Waals surface area (Å²) in [6.45, 7) is 23.7. The highest BCUT2D eigenvalue weighted by Gasteiger charge is 2.42. The largest absolute Gasteiger partial charge is 0.470 e. The maximum Gasteiger partial charge on any atom is 0.193 e. The SMILES string of the molecule is CC(C)(C)[Si](C)(C)OC[C@@H]1N=C(CC2=N[C@@H](CO[Si](C)(C)C(C)(C)C)[C@H](c3ccccc3)O2)O[C@H]1c1ccccc1. The van der Waals surface area contributed by atoms with E-state index in [9.17, 15) is 0 Å². The molecule has 41 heavy (non-hydrogen) atoms. The molecule has 0 aromatic heterocycles. The molecule has 0 N–H and O–H groups in total. The first-order valence-electron chi connectivity index (χ1n) is 14.9. The molecule has 0 radical (unpaired) electrons. The van der Waals surface area contributed by atoms with Gasteiger partial charge in [-0.25, -0.2) is 9.98 Å². The molecule has 6 nitrogen and oxygen atoms in total. The summed E-state index contributed by atoms with van der Waals surface area (Å²) in [6.07, 6.45) is 0.0288. The van der Waals surface area contributed by atoms with Crippen molar-refractivity contribution in [1.29, 1.82) is 0 Å². The third kappa shape index (κ3) is 7.58. The summed E-state index contributed by atoms with van der Waals surface area (Å²) >= 11 is 0. The lowest BCUT2D eigenvalue weighted by Crippen LogP contribution is -2.42. The molecule has 0 saturated carbocycles. The number of aliphatic imine (C=N–C) groups is 2. The minimum Gasteiger partial charge on any atom is -0.470 e. The van der Waals surface area contributed by atoms with E-state index in [0.717, 1.165) is 11.1 Å². The van der Waals surface area contributed by atoms with Gasteiger partial charge in [0.05, 0.1) is 19.6 Å². The van der Waals surface area contributed by atoms with Crippen molar-refractivity contribution in [2.24, 2.45) is 9.98 Å². The number of ether oxygens (including phenoxy) is 2. The fourth-order valence-corrected chi connectivity index (χ4v) is 6.50. The van der Waals surface area contributed by atoms with E-state index in [1.165, 1.54) is 0 Å². The van der Waals surface area contributed by atoms with E-state index in [1.54, 1.807) is 0 Å². The molecule has 0 bridgehead atoms. The molecule has 0 fully saturated rings. The summed E-state index contributed by atoms with van der Waals surface area (Å²) in [6, 6.07) is 20.4. The summed E-state index contributed by atoms with van der Waals surface area (Å²) in [5.74, 6) is 1.30. The van der Waals surface area contributed by atoms with Crippen molar-refractivity contribution in [2.45, 2.75) is 109 Å². The number of hydrogen-bond acceptors (Lipinski definition) is 6. The van der Waals surface area contributed by atoms with E-state index >= 15 is 0 Å². The molecule has 0 spiro atoms. The van der Waals surface area contributed by atoms with Gasteiger partial charge in [0.15, 0.2) is 28.4 Å². The van der Waals surface area contributed by atoms with Crippen molar-refractivity contribution in [2.75, 3.05) is 13.2 Å². The molecule has 0 unspecified atom stereocenters. The molecule has 2 aromatic carbocycles. The lowest BCUT2D eigenvalue weighted by atomic mass is 10.0. The molecule has 0 amide bonds. The van der Waals surface area contributed by atoms with E-state index in [4.69, 9.17) is 28.3 Å². The highest BCUT2D eigenvalue weighted by Crippen LogP contribution is 2.40. The van der Waals surface area contributed by atoms with Gasteiger partial charge < -0.3 is 18.3 Å². The predicted octanol–water partition coefficient (Wildman–Crippen LogP) is 8.50. The Kier molecular flexibility index (Phi) is 9.38. The summed E-state index contributed by atoms with van der Waals surface area (Å²) in [4.78, 5) is 10.1. The predicted molar refractivity (Wildman–Crippen MR) is 174 cm³/mol. The molecular weight excluding hydrogens is 545 g/mol. The van der Waals surface area contributed by atoms with Gasteiger partial charge >= 0.3 is 0 Å². The van der Waals surface area contributed by atoms with Crippen LogP contribution in [0.15, 0.2) is 70.6 Å². The molecule has 0 aliphatic carbocycles. The van der Waals surface area contributed by atoms with Crippen LogP contribution in [0.5, 0.6) is 0 Å². The zero-order valence-corrected chi connectivity index (χ0v) is 28.7. The van der Waals surface area contributed by atoms with Crippen molar-refractivity contribution >= 4 is 28.4 Å². The Bertz CT molecular complexity index is 1120. The van der Waals surface area contributed by atoms with Gasteiger partial charge in [-0.05, 0) is 47.4 Å². The van der Waals surface area contributed by atoms with Gasteiger partial charge in [-0.1, -0.05) is 102 Å². The monoisotopic (exact) mass is 594 g/mol. The fraction of sp³-hybridized carbons (Fsp3) is 0.576. The van der Waals surface area contributed by atoms with Crippen LogP contribution >= 0.6 is 0 Å². The average Bonchev–Trinajstić information content (AvgIpc) is 3.50. The lowest BCUT2D eigenvalue weighted by Gasteiger charge is -2.37. The van der Waals surface area contributed by atoms with Crippen LogP contribution in [0, 0.1) is 0 Å². The third-order valence-corrected chi connectivity index (χ3v) is 18.2. The molecule has 0 saturated heterocycles. The molecule has 224 valence electrons. The number of benzene rings is 2. The van der Waals surface area contributed by atoms with Crippen molar-refractivity contribution in [3.63, 3.8) is 0 Å². The molecule has 8 heteroatoms. The lowest BCUT2D eigenvalue weighted by molar-refractivity contribution is 0.146. The molecule has 4 atom stereocenters. The van der Waals surface area contributed by atoms with Gasteiger partial charge in [0.1, 0.15) is 24.3 Å². The van der Waals surface area contributed by atoms with E-state index in [1.807, 2.05) is 36.4 Å². The Morgan fingerprint density at radius 3 is 1.27 bits per heavy atom. The second kappa shape index (κ2) is 12.2. The van der Waals surface area contributed by atoms with Gasteiger partial charge in [0.2, 0.25) is 0 Å². The van der Waals surface area contributed by atoms with Crippen LogP contribution in [0.4, 0.5) is 0 Å². The Labute approximate surface area is 249 Å². The van der Waals surface area contributed by atoms with Crippen molar-refractivity contribution in [3.05, 3.63) is 71.8 Å². The average molecular weight is 595 g/mol. The Morgan fingerprint density at radius 1 is 0.610 bits per heavy atom. The van der Waals surface area contributed by atoms with Crippen LogP contribution in [-0.2, 0) is 18.3 Å². The molecule has 2 heterocycles. The van der Waals surface area contributed by atoms with Crippen molar-refractivity contribution in [1.82, 2.24) is 0 Å². The van der Waals surface area contributed by atoms with E-state index in [0.29, 0.717) is 31.4 Å². The van der Waals surface area contributed by atoms with Crippen LogP contribution in [0.25, 0.3) is 0 Å². The minimum absolute atomic E-state index is 0.119. The maximum absolute atomic E-state index is 6.61. The van der Waals surface area contributed by atoms with Crippen LogP contribution in [0.3, 0.4) is 0 Å². The zero-order valence-electron chi connectivity index (χ0n) is 26.7. The van der Waals surface area contributed by atoms with Crippen molar-refractivity contribution < 1.29 is 18.3 Å². The number of rotatable bonds is 10. The van der Waals surface area contributed by atoms with Gasteiger partial charge in [-0.15, -0.1) is 0 Å². The quantitative estimate of drug-likeness (QED) is 0.259. The summed E-state index contributed by atoms with van der Waals surface area (Å²) < 4.78 is 26.2. The molecule has 2 aromatic rings. The molecular formula is C33H50N2O4Si2. The van der Waals surface area contributed by atoms with Crippen LogP contribution in [-0.4, -0.2) is 53.7 Å². The Hall–Kier alpha value is -2.27. The van der Waals surface area contributed by atoms with Gasteiger partial charge in [0, 0.05) is 0 Å². The first-order valence-corrected chi connectivity index (χ1v) is 20.7. The van der Waals surface area contributed by atoms with E-state index < -0.39 is 16.6 Å². The first-order chi connectivity index (χ1) is 19.1. The van der Waals surface area contributed by atoms with Crippen LogP contribution < -0.4 is 0 Å². The molecule has 2 aliphatic heterocycles. The number of hydrogen-bond donors (Lipinski definition) is 0. The summed E-state index contributed by atoms with van der Waals surface area (Å²) in [7, 11) is -3.88. The summed E-state index contributed by atoms with van der Waals surface area (Å²) in [5.41, 5.74) is 2.21. The topological polar surface area (TPSA) is 61.6 Å². The smallest absolute Gasteiger partial charge is 0.193 e. The second-order valence-corrected chi connectivity index (χ2v) is 24.0. The van der Waals surface area contributed by atoms with Crippen LogP contribution in [0.2, 0.25) is 36.3 Å². The van der Waals surface area contributed by atoms with E-state index in [-0.39, 0.29) is 34.4 Å². The standard InChI is InChI=1S/C33H50N2O4Si2/c1-32(2,3)40(7,8)36-22-26-30(24-17-13-11-14-18-24)38-28(34-26)21-29-35-27(23-37-41(9,10)33(4,5)6)31(39-29)25-19-15-12-16-20-25/h11-20,26-27,30-31H,21-23H2,1-10H3/t26-,27-,30-,31-/m0/s1. The molecule has 4 rings (SSSR count). The normalized spacial score (nSPS) is 23.6. The Balaban J connectivity index is 1.53. The Morgan fingerprint density at radius 2 is 0.951 bits per heavy atom. The first kappa shape index (κ1) is 31.7. The van der Waals surface area contributed by atoms with Gasteiger partial charge in [-0.2, -0.15) is 0 Å². The van der Waals surface area contributed by atoms with Gasteiger partial charge in [-0.3, -0.25) is 0 Å². The highest BCUT2D eigenvalue weighted by molar-refractivity contribution is 6.74. The van der Waals surface area contributed by atoms with Crippen molar-refractivity contribution in [3.8, 4) is 0 Å². The number of nitrogens with zero attached hydrogens (tertiary/aromatic N) is 2. The molecule has 2 aliphatic rings. The fourth-order valence-electron chi connectivity index (χ4n) is 4.46. The second-order valence-electron chi connectivity index (χ2n) is 14.4. The maximum atomic E-state index is 6.61. The zero-order chi connectivity index (χ0) is 30.1. The third-order valence-electron chi connectivity index (χ3n) is 9.25. The van der Waals surface area contributed by atoms with E-state index in [2.05, 4.69) is 92.0 Å². The van der Waals surface area contributed by atoms with Gasteiger partial charge in [0.25, 0.3) is 0 Å².